The van der Waals surface area contributed by atoms with Crippen molar-refractivity contribution in [1.29, 1.82) is 0 Å². The molecule has 0 aliphatic carbocycles. The van der Waals surface area contributed by atoms with Crippen molar-refractivity contribution in [1.82, 2.24) is 9.80 Å². The van der Waals surface area contributed by atoms with Gasteiger partial charge in [-0.1, -0.05) is 6.92 Å². The van der Waals surface area contributed by atoms with Gasteiger partial charge in [0.1, 0.15) is 5.84 Å². The highest BCUT2D eigenvalue weighted by Crippen LogP contribution is 2.21. The van der Waals surface area contributed by atoms with E-state index in [2.05, 4.69) is 21.7 Å². The molecule has 18 heavy (non-hydrogen) atoms. The predicted molar refractivity (Wildman–Crippen MR) is 68.7 cm³/mol. The summed E-state index contributed by atoms with van der Waals surface area (Å²) in [5.41, 5.74) is 0. The van der Waals surface area contributed by atoms with Crippen molar-refractivity contribution >= 4 is 5.84 Å². The van der Waals surface area contributed by atoms with Gasteiger partial charge >= 0.3 is 0 Å². The fourth-order valence-electron chi connectivity index (χ4n) is 2.93. The summed E-state index contributed by atoms with van der Waals surface area (Å²) in [6.07, 6.45) is -0.220. The largest absolute Gasteiger partial charge is 0.378 e. The highest BCUT2D eigenvalue weighted by Gasteiger charge is 2.32. The number of halogens is 1. The molecule has 2 atom stereocenters. The van der Waals surface area contributed by atoms with Crippen LogP contribution in [-0.4, -0.2) is 73.8 Å². The summed E-state index contributed by atoms with van der Waals surface area (Å²) in [5.74, 6) is 1.09. The maximum Gasteiger partial charge on any atom is 0.157 e. The van der Waals surface area contributed by atoms with Crippen LogP contribution in [0.25, 0.3) is 0 Å². The van der Waals surface area contributed by atoms with Crippen LogP contribution in [0.1, 0.15) is 13.3 Å². The quantitative estimate of drug-likeness (QED) is 0.693. The molecular formula is C13H22FN3O. The van der Waals surface area contributed by atoms with E-state index in [1.165, 1.54) is 0 Å². The number of hydrogen-bond donors (Lipinski definition) is 0. The van der Waals surface area contributed by atoms with Crippen molar-refractivity contribution < 1.29 is 9.13 Å². The molecule has 3 aliphatic rings. The Morgan fingerprint density at radius 1 is 1.22 bits per heavy atom. The van der Waals surface area contributed by atoms with Crippen molar-refractivity contribution in [2.75, 3.05) is 45.9 Å². The molecule has 2 saturated heterocycles. The van der Waals surface area contributed by atoms with E-state index in [0.29, 0.717) is 24.2 Å². The first-order chi connectivity index (χ1) is 8.74. The highest BCUT2D eigenvalue weighted by atomic mass is 19.1. The third-order valence-corrected chi connectivity index (χ3v) is 4.23. The SMILES string of the molecule is CC1CN=C(N2CCN(C3COC3)CC2)C(F)C1. The van der Waals surface area contributed by atoms with Crippen molar-refractivity contribution in [2.45, 2.75) is 25.6 Å². The second-order valence-electron chi connectivity index (χ2n) is 5.72. The van der Waals surface area contributed by atoms with Gasteiger partial charge < -0.3 is 9.64 Å². The Kier molecular flexibility index (Phi) is 3.52. The first-order valence-electron chi connectivity index (χ1n) is 6.99. The number of hydrogen-bond acceptors (Lipinski definition) is 4. The lowest BCUT2D eigenvalue weighted by molar-refractivity contribution is -0.0732. The summed E-state index contributed by atoms with van der Waals surface area (Å²) in [6, 6.07) is 0.599. The number of rotatable bonds is 1. The van der Waals surface area contributed by atoms with E-state index in [-0.39, 0.29) is 0 Å². The van der Waals surface area contributed by atoms with Crippen LogP contribution in [0.5, 0.6) is 0 Å². The van der Waals surface area contributed by atoms with E-state index < -0.39 is 6.17 Å². The molecule has 0 saturated carbocycles. The normalized spacial score (nSPS) is 35.2. The second kappa shape index (κ2) is 5.13. The minimum atomic E-state index is -0.854. The van der Waals surface area contributed by atoms with Crippen molar-refractivity contribution in [2.24, 2.45) is 10.9 Å². The lowest BCUT2D eigenvalue weighted by atomic mass is 10.00. The lowest BCUT2D eigenvalue weighted by Crippen LogP contribution is -2.58. The average Bonchev–Trinajstić information content (AvgIpc) is 2.28. The minimum Gasteiger partial charge on any atom is -0.378 e. The van der Waals surface area contributed by atoms with Crippen molar-refractivity contribution in [3.05, 3.63) is 0 Å². The van der Waals surface area contributed by atoms with Crippen molar-refractivity contribution in [3.63, 3.8) is 0 Å². The van der Waals surface area contributed by atoms with Gasteiger partial charge in [-0.2, -0.15) is 0 Å². The fraction of sp³-hybridized carbons (Fsp3) is 0.923. The number of ether oxygens (including phenoxy) is 1. The van der Waals surface area contributed by atoms with Crippen LogP contribution >= 0.6 is 0 Å². The Balaban J connectivity index is 1.55. The lowest BCUT2D eigenvalue weighted by Gasteiger charge is -2.44. The van der Waals surface area contributed by atoms with Gasteiger partial charge in [0.05, 0.1) is 19.3 Å². The van der Waals surface area contributed by atoms with Crippen LogP contribution in [-0.2, 0) is 4.74 Å². The maximum atomic E-state index is 14.0. The molecule has 3 aliphatic heterocycles. The Hall–Kier alpha value is -0.680. The molecule has 2 unspecified atom stereocenters. The molecule has 2 fully saturated rings. The molecule has 0 aromatic heterocycles. The summed E-state index contributed by atoms with van der Waals surface area (Å²) >= 11 is 0. The molecule has 0 aromatic carbocycles. The molecule has 0 N–H and O–H groups in total. The zero-order valence-electron chi connectivity index (χ0n) is 11.0. The molecule has 5 heteroatoms. The number of alkyl halides is 1. The van der Waals surface area contributed by atoms with Crippen molar-refractivity contribution in [3.8, 4) is 0 Å². The zero-order valence-corrected chi connectivity index (χ0v) is 11.0. The van der Waals surface area contributed by atoms with Gasteiger partial charge in [0, 0.05) is 32.7 Å². The third kappa shape index (κ3) is 2.38. The Morgan fingerprint density at radius 3 is 2.50 bits per heavy atom. The van der Waals surface area contributed by atoms with Gasteiger partial charge in [0.15, 0.2) is 6.17 Å². The standard InChI is InChI=1S/C13H22FN3O/c1-10-6-12(14)13(15-7-10)17-4-2-16(3-5-17)11-8-18-9-11/h10-12H,2-9H2,1H3. The van der Waals surface area contributed by atoms with Crippen LogP contribution < -0.4 is 0 Å². The summed E-state index contributed by atoms with van der Waals surface area (Å²) in [5, 5.41) is 0. The molecule has 4 nitrogen and oxygen atoms in total. The number of amidine groups is 1. The van der Waals surface area contributed by atoms with Crippen LogP contribution in [0, 0.1) is 5.92 Å². The smallest absolute Gasteiger partial charge is 0.157 e. The molecule has 0 amide bonds. The van der Waals surface area contributed by atoms with E-state index in [1.54, 1.807) is 0 Å². The topological polar surface area (TPSA) is 28.1 Å². The van der Waals surface area contributed by atoms with Gasteiger partial charge in [-0.3, -0.25) is 9.89 Å². The molecular weight excluding hydrogens is 233 g/mol. The van der Waals surface area contributed by atoms with Crippen LogP contribution in [0.4, 0.5) is 4.39 Å². The second-order valence-corrected chi connectivity index (χ2v) is 5.72. The highest BCUT2D eigenvalue weighted by molar-refractivity contribution is 5.87. The van der Waals surface area contributed by atoms with E-state index >= 15 is 0 Å². The summed E-state index contributed by atoms with van der Waals surface area (Å²) in [6.45, 7) is 8.42. The summed E-state index contributed by atoms with van der Waals surface area (Å²) < 4.78 is 19.2. The van der Waals surface area contributed by atoms with Crippen LogP contribution in [0.15, 0.2) is 4.99 Å². The third-order valence-electron chi connectivity index (χ3n) is 4.23. The molecule has 3 rings (SSSR count). The Labute approximate surface area is 108 Å². The Morgan fingerprint density at radius 2 is 1.94 bits per heavy atom. The molecule has 0 aromatic rings. The van der Waals surface area contributed by atoms with E-state index in [4.69, 9.17) is 4.74 Å². The number of aliphatic imine (C=N–C) groups is 1. The van der Waals surface area contributed by atoms with Gasteiger partial charge in [-0.05, 0) is 12.3 Å². The summed E-state index contributed by atoms with van der Waals surface area (Å²) in [7, 11) is 0. The van der Waals surface area contributed by atoms with Crippen LogP contribution in [0.2, 0.25) is 0 Å². The number of piperazine rings is 1. The molecule has 0 radical (unpaired) electrons. The van der Waals surface area contributed by atoms with Gasteiger partial charge in [0.2, 0.25) is 0 Å². The van der Waals surface area contributed by atoms with E-state index in [9.17, 15) is 4.39 Å². The fourth-order valence-corrected chi connectivity index (χ4v) is 2.93. The first kappa shape index (κ1) is 12.4. The van der Waals surface area contributed by atoms with Crippen LogP contribution in [0.3, 0.4) is 0 Å². The average molecular weight is 255 g/mol. The minimum absolute atomic E-state index is 0.386. The van der Waals surface area contributed by atoms with E-state index in [0.717, 1.165) is 45.9 Å². The molecule has 102 valence electrons. The van der Waals surface area contributed by atoms with Gasteiger partial charge in [-0.25, -0.2) is 4.39 Å². The van der Waals surface area contributed by atoms with Gasteiger partial charge in [0.25, 0.3) is 0 Å². The molecule has 0 bridgehead atoms. The monoisotopic (exact) mass is 255 g/mol. The maximum absolute atomic E-state index is 14.0. The van der Waals surface area contributed by atoms with E-state index in [1.807, 2.05) is 0 Å². The molecule has 3 heterocycles. The first-order valence-corrected chi connectivity index (χ1v) is 6.99. The Bertz CT molecular complexity index is 324. The molecule has 0 spiro atoms. The predicted octanol–water partition coefficient (Wildman–Crippen LogP) is 0.779. The zero-order chi connectivity index (χ0) is 12.5. The van der Waals surface area contributed by atoms with Gasteiger partial charge in [-0.15, -0.1) is 0 Å². The summed E-state index contributed by atoms with van der Waals surface area (Å²) in [4.78, 5) is 9.05. The number of nitrogens with zero attached hydrogens (tertiary/aromatic N) is 3.